The van der Waals surface area contributed by atoms with Gasteiger partial charge in [-0.15, -0.1) is 30.0 Å². The third-order valence-electron chi connectivity index (χ3n) is 10.0. The minimum atomic E-state index is -0.883. The molecule has 3 unspecified atom stereocenters. The van der Waals surface area contributed by atoms with Gasteiger partial charge in [0.2, 0.25) is 17.7 Å². The number of thioether (sulfide) groups is 1. The number of aliphatic hydroxyl groups is 1. The van der Waals surface area contributed by atoms with E-state index in [9.17, 15) is 14.7 Å². The van der Waals surface area contributed by atoms with Gasteiger partial charge in [0.25, 0.3) is 0 Å². The molecule has 3 aliphatic heterocycles. The smallest absolute Gasteiger partial charge is 0.248 e. The van der Waals surface area contributed by atoms with E-state index in [-0.39, 0.29) is 54.6 Å². The van der Waals surface area contributed by atoms with E-state index in [1.165, 1.54) is 0 Å². The molecule has 3 fully saturated rings. The number of hydrogen-bond acceptors (Lipinski definition) is 7. The number of likely N-dealkylation sites (tertiary alicyclic amines) is 1. The van der Waals surface area contributed by atoms with Gasteiger partial charge in [0.15, 0.2) is 0 Å². The van der Waals surface area contributed by atoms with E-state index >= 15 is 4.79 Å². The second-order valence-electron chi connectivity index (χ2n) is 12.9. The van der Waals surface area contributed by atoms with Crippen LogP contribution in [0.2, 0.25) is 0 Å². The molecule has 242 valence electrons. The first-order valence-corrected chi connectivity index (χ1v) is 16.8. The number of anilines is 1. The van der Waals surface area contributed by atoms with Gasteiger partial charge in [-0.1, -0.05) is 68.5 Å². The van der Waals surface area contributed by atoms with Crippen molar-refractivity contribution in [3.63, 3.8) is 0 Å². The van der Waals surface area contributed by atoms with E-state index in [2.05, 4.69) is 30.4 Å². The molecule has 46 heavy (non-hydrogen) atoms. The molecule has 3 saturated heterocycles. The first-order valence-electron chi connectivity index (χ1n) is 16.0. The van der Waals surface area contributed by atoms with Gasteiger partial charge < -0.3 is 19.8 Å². The Hall–Kier alpha value is -3.96. The SMILES string of the molecule is C=CCN(Cn1nnc2ccccc21)C(=O)C1N([C@@H](CO)C(C)C)C(=O)[C@@H]2[C@@H](C(=O)N(CC=C)c3ccccc3)[C@H]3CC(C)C12S3. The summed E-state index contributed by atoms with van der Waals surface area (Å²) in [6.07, 6.45) is 4.07. The number of rotatable bonds is 12. The summed E-state index contributed by atoms with van der Waals surface area (Å²) in [7, 11) is 0. The van der Waals surface area contributed by atoms with Crippen LogP contribution in [0.4, 0.5) is 5.69 Å². The van der Waals surface area contributed by atoms with Crippen LogP contribution in [0.3, 0.4) is 0 Å². The number of hydrogen-bond donors (Lipinski definition) is 1. The highest BCUT2D eigenvalue weighted by Crippen LogP contribution is 2.69. The van der Waals surface area contributed by atoms with Crippen LogP contribution < -0.4 is 4.90 Å². The average molecular weight is 643 g/mol. The first-order chi connectivity index (χ1) is 22.2. The molecule has 0 saturated carbocycles. The fourth-order valence-corrected chi connectivity index (χ4v) is 10.4. The van der Waals surface area contributed by atoms with Crippen LogP contribution in [0.5, 0.6) is 0 Å². The lowest BCUT2D eigenvalue weighted by Crippen LogP contribution is -2.60. The first kappa shape index (κ1) is 32.0. The molecular formula is C35H42N6O4S. The number of para-hydroxylation sites is 2. The number of carbonyl (C=O) groups excluding carboxylic acids is 3. The van der Waals surface area contributed by atoms with Crippen molar-refractivity contribution >= 4 is 46.2 Å². The van der Waals surface area contributed by atoms with Crippen molar-refractivity contribution in [2.24, 2.45) is 23.7 Å². The van der Waals surface area contributed by atoms with Gasteiger partial charge in [-0.3, -0.25) is 14.4 Å². The molecule has 0 aliphatic carbocycles. The van der Waals surface area contributed by atoms with E-state index in [0.29, 0.717) is 18.5 Å². The van der Waals surface area contributed by atoms with Gasteiger partial charge in [-0.2, -0.15) is 0 Å². The van der Waals surface area contributed by atoms with Crippen LogP contribution in [0.15, 0.2) is 79.9 Å². The molecule has 1 N–H and O–H groups in total. The lowest BCUT2D eigenvalue weighted by Gasteiger charge is -2.42. The largest absolute Gasteiger partial charge is 0.394 e. The second-order valence-corrected chi connectivity index (χ2v) is 14.5. The molecule has 3 amide bonds. The van der Waals surface area contributed by atoms with Gasteiger partial charge in [0, 0.05) is 24.0 Å². The van der Waals surface area contributed by atoms with Crippen LogP contribution in [-0.4, -0.2) is 89.4 Å². The number of aliphatic hydroxyl groups excluding tert-OH is 1. The maximum absolute atomic E-state index is 15.0. The maximum Gasteiger partial charge on any atom is 0.248 e. The Labute approximate surface area is 274 Å². The van der Waals surface area contributed by atoms with Crippen molar-refractivity contribution in [1.29, 1.82) is 0 Å². The van der Waals surface area contributed by atoms with E-state index in [0.717, 1.165) is 11.2 Å². The highest BCUT2D eigenvalue weighted by atomic mass is 32.2. The number of amides is 3. The maximum atomic E-state index is 15.0. The zero-order chi connectivity index (χ0) is 32.7. The summed E-state index contributed by atoms with van der Waals surface area (Å²) in [4.78, 5) is 49.4. The number of carbonyl (C=O) groups is 3. The second kappa shape index (κ2) is 12.7. The molecule has 11 heteroatoms. The number of fused-ring (bicyclic) bond motifs is 2. The van der Waals surface area contributed by atoms with Gasteiger partial charge in [-0.05, 0) is 42.5 Å². The monoisotopic (exact) mass is 642 g/mol. The van der Waals surface area contributed by atoms with E-state index < -0.39 is 28.7 Å². The highest BCUT2D eigenvalue weighted by molar-refractivity contribution is 8.02. The number of aromatic nitrogens is 3. The van der Waals surface area contributed by atoms with Gasteiger partial charge in [0.05, 0.1) is 34.7 Å². The zero-order valence-electron chi connectivity index (χ0n) is 26.6. The Morgan fingerprint density at radius 3 is 2.46 bits per heavy atom. The predicted molar refractivity (Wildman–Crippen MR) is 180 cm³/mol. The van der Waals surface area contributed by atoms with Crippen molar-refractivity contribution in [3.05, 3.63) is 79.9 Å². The summed E-state index contributed by atoms with van der Waals surface area (Å²) < 4.78 is 0.836. The summed E-state index contributed by atoms with van der Waals surface area (Å²) in [6.45, 7) is 14.2. The Balaban J connectivity index is 1.44. The summed E-state index contributed by atoms with van der Waals surface area (Å²) in [6, 6.07) is 15.5. The molecule has 1 spiro atoms. The van der Waals surface area contributed by atoms with Crippen LogP contribution in [0.25, 0.3) is 11.0 Å². The molecule has 10 nitrogen and oxygen atoms in total. The molecule has 1 aromatic heterocycles. The fraction of sp³-hybridized carbons (Fsp3) is 0.457. The van der Waals surface area contributed by atoms with E-state index in [1.54, 1.807) is 43.3 Å². The fourth-order valence-electron chi connectivity index (χ4n) is 7.97. The Morgan fingerprint density at radius 1 is 1.09 bits per heavy atom. The molecule has 3 aromatic rings. The van der Waals surface area contributed by atoms with Gasteiger partial charge in [-0.25, -0.2) is 4.68 Å². The third kappa shape index (κ3) is 4.95. The number of nitrogens with zero attached hydrogens (tertiary/aromatic N) is 6. The highest BCUT2D eigenvalue weighted by Gasteiger charge is 2.77. The Bertz CT molecular complexity index is 1640. The predicted octanol–water partition coefficient (Wildman–Crippen LogP) is 3.98. The molecule has 3 aliphatic rings. The molecule has 4 heterocycles. The van der Waals surface area contributed by atoms with Crippen molar-refractivity contribution in [1.82, 2.24) is 24.8 Å². The quantitative estimate of drug-likeness (QED) is 0.298. The molecule has 0 radical (unpaired) electrons. The topological polar surface area (TPSA) is 112 Å². The molecule has 2 bridgehead atoms. The molecular weight excluding hydrogens is 600 g/mol. The lowest BCUT2D eigenvalue weighted by atomic mass is 9.65. The van der Waals surface area contributed by atoms with E-state index in [1.807, 2.05) is 68.4 Å². The Morgan fingerprint density at radius 2 is 1.78 bits per heavy atom. The minimum Gasteiger partial charge on any atom is -0.394 e. The van der Waals surface area contributed by atoms with Crippen LogP contribution in [0.1, 0.15) is 27.2 Å². The summed E-state index contributed by atoms with van der Waals surface area (Å²) >= 11 is 1.63. The van der Waals surface area contributed by atoms with Crippen molar-refractivity contribution in [3.8, 4) is 0 Å². The summed E-state index contributed by atoms with van der Waals surface area (Å²) in [5.74, 6) is -2.09. The van der Waals surface area contributed by atoms with Crippen molar-refractivity contribution < 1.29 is 19.5 Å². The average Bonchev–Trinajstić information content (AvgIpc) is 3.77. The van der Waals surface area contributed by atoms with Crippen LogP contribution in [0, 0.1) is 23.7 Å². The zero-order valence-corrected chi connectivity index (χ0v) is 27.4. The normalized spacial score (nSPS) is 27.2. The molecule has 6 rings (SSSR count). The molecule has 2 aromatic carbocycles. The minimum absolute atomic E-state index is 0.0201. The van der Waals surface area contributed by atoms with Crippen LogP contribution in [-0.2, 0) is 21.1 Å². The van der Waals surface area contributed by atoms with Gasteiger partial charge in [0.1, 0.15) is 18.2 Å². The Kier molecular flexibility index (Phi) is 8.82. The summed E-state index contributed by atoms with van der Waals surface area (Å²) in [5, 5.41) is 19.1. The van der Waals surface area contributed by atoms with Gasteiger partial charge >= 0.3 is 0 Å². The lowest BCUT2D eigenvalue weighted by molar-refractivity contribution is -0.147. The summed E-state index contributed by atoms with van der Waals surface area (Å²) in [5.41, 5.74) is 2.24. The standard InChI is InChI=1S/C35H42N6O4S/c1-6-17-38(21-40-26-16-12-11-15-25(26)36-37-40)34(45)31-35-23(5)19-28(46-35)29(30(35)33(44)41(31)27(20-42)22(3)4)32(43)39(18-7-2)24-13-9-8-10-14-24/h6-16,22-23,27-31,42H,1-2,17-21H2,3-5H3/t23?,27-,28+,29-,30-,31?,35?/m0/s1. The molecule has 7 atom stereocenters. The third-order valence-corrected chi connectivity index (χ3v) is 12.1. The van der Waals surface area contributed by atoms with E-state index in [4.69, 9.17) is 0 Å². The van der Waals surface area contributed by atoms with Crippen molar-refractivity contribution in [2.45, 2.75) is 55.9 Å². The number of benzene rings is 2. The van der Waals surface area contributed by atoms with Crippen molar-refractivity contribution in [2.75, 3.05) is 24.6 Å². The van der Waals surface area contributed by atoms with Crippen LogP contribution >= 0.6 is 11.8 Å².